The second-order valence-electron chi connectivity index (χ2n) is 5.99. The number of H-pyrrole nitrogens is 1. The summed E-state index contributed by atoms with van der Waals surface area (Å²) in [6.45, 7) is 7.35. The summed E-state index contributed by atoms with van der Waals surface area (Å²) < 4.78 is 5.56. The second kappa shape index (κ2) is 8.67. The van der Waals surface area contributed by atoms with Crippen LogP contribution in [0.4, 0.5) is 4.79 Å². The Morgan fingerprint density at radius 2 is 2.39 bits per heavy atom. The summed E-state index contributed by atoms with van der Waals surface area (Å²) in [5.41, 5.74) is 0.526. The van der Waals surface area contributed by atoms with Gasteiger partial charge in [-0.1, -0.05) is 6.92 Å². The molecular weight excluding hydrogens is 296 g/mol. The van der Waals surface area contributed by atoms with Crippen LogP contribution in [0.3, 0.4) is 0 Å². The molecule has 23 heavy (non-hydrogen) atoms. The summed E-state index contributed by atoms with van der Waals surface area (Å²) in [5, 5.41) is 2.88. The predicted octanol–water partition coefficient (Wildman–Crippen LogP) is 1.08. The molecule has 1 aromatic heterocycles. The molecule has 1 aromatic rings. The first kappa shape index (κ1) is 17.5. The summed E-state index contributed by atoms with van der Waals surface area (Å²) in [5.74, 6) is 1.03. The Morgan fingerprint density at radius 3 is 3.13 bits per heavy atom. The molecule has 0 bridgehead atoms. The monoisotopic (exact) mass is 322 g/mol. The first-order valence-corrected chi connectivity index (χ1v) is 8.26. The zero-order chi connectivity index (χ0) is 16.7. The molecule has 128 valence electrons. The van der Waals surface area contributed by atoms with Gasteiger partial charge in [0.05, 0.1) is 6.61 Å². The van der Waals surface area contributed by atoms with Crippen LogP contribution in [0.25, 0.3) is 0 Å². The first-order chi connectivity index (χ1) is 11.1. The standard InChI is InChI=1S/C16H26N4O3/c1-3-8-23-11-13-5-7-20(10-13)16(22)17-6-4-14-18-12(2)9-15(21)19-14/h9,13H,3-8,10-11H2,1-2H3,(H,17,22)(H,18,19,21)/t13-/m1/s1. The SMILES string of the molecule is CCCOC[C@@H]1CCN(C(=O)NCCc2nc(C)cc(=O)[nH]2)C1. The van der Waals surface area contributed by atoms with Crippen molar-refractivity contribution in [1.82, 2.24) is 20.2 Å². The number of rotatable bonds is 7. The highest BCUT2D eigenvalue weighted by atomic mass is 16.5. The molecule has 0 spiro atoms. The maximum atomic E-state index is 12.1. The fourth-order valence-corrected chi connectivity index (χ4v) is 2.71. The maximum absolute atomic E-state index is 12.1. The molecule has 2 amide bonds. The number of nitrogens with zero attached hydrogens (tertiary/aromatic N) is 2. The third kappa shape index (κ3) is 5.67. The number of hydrogen-bond acceptors (Lipinski definition) is 4. The third-order valence-electron chi connectivity index (χ3n) is 3.83. The zero-order valence-corrected chi connectivity index (χ0v) is 13.9. The number of carbonyl (C=O) groups excluding carboxylic acids is 1. The van der Waals surface area contributed by atoms with Crippen LogP contribution in [0.2, 0.25) is 0 Å². The maximum Gasteiger partial charge on any atom is 0.317 e. The number of carbonyl (C=O) groups is 1. The Balaban J connectivity index is 1.70. The van der Waals surface area contributed by atoms with E-state index in [4.69, 9.17) is 4.74 Å². The molecule has 7 nitrogen and oxygen atoms in total. The molecule has 0 aliphatic carbocycles. The second-order valence-corrected chi connectivity index (χ2v) is 5.99. The minimum absolute atomic E-state index is 0.0574. The minimum Gasteiger partial charge on any atom is -0.381 e. The van der Waals surface area contributed by atoms with Gasteiger partial charge in [-0.15, -0.1) is 0 Å². The van der Waals surface area contributed by atoms with Gasteiger partial charge in [0.1, 0.15) is 5.82 Å². The number of aromatic nitrogens is 2. The molecule has 0 unspecified atom stereocenters. The van der Waals surface area contributed by atoms with E-state index in [9.17, 15) is 9.59 Å². The van der Waals surface area contributed by atoms with Gasteiger partial charge >= 0.3 is 6.03 Å². The number of likely N-dealkylation sites (tertiary alicyclic amines) is 1. The smallest absolute Gasteiger partial charge is 0.317 e. The van der Waals surface area contributed by atoms with Gasteiger partial charge in [0.2, 0.25) is 0 Å². The molecule has 1 aliphatic rings. The van der Waals surface area contributed by atoms with Crippen LogP contribution in [0, 0.1) is 12.8 Å². The van der Waals surface area contributed by atoms with Crippen LogP contribution in [0.15, 0.2) is 10.9 Å². The van der Waals surface area contributed by atoms with Gasteiger partial charge < -0.3 is 19.9 Å². The van der Waals surface area contributed by atoms with E-state index in [0.29, 0.717) is 30.4 Å². The first-order valence-electron chi connectivity index (χ1n) is 8.26. The molecule has 1 atom stereocenters. The van der Waals surface area contributed by atoms with Crippen LogP contribution in [0.1, 0.15) is 31.3 Å². The highest BCUT2D eigenvalue weighted by molar-refractivity contribution is 5.74. The number of nitrogens with one attached hydrogen (secondary N) is 2. The Hall–Kier alpha value is -1.89. The summed E-state index contributed by atoms with van der Waals surface area (Å²) in [4.78, 5) is 32.2. The van der Waals surface area contributed by atoms with Crippen LogP contribution in [-0.4, -0.2) is 53.7 Å². The molecule has 1 fully saturated rings. The van der Waals surface area contributed by atoms with E-state index in [2.05, 4.69) is 22.2 Å². The highest BCUT2D eigenvalue weighted by Gasteiger charge is 2.25. The van der Waals surface area contributed by atoms with Crippen molar-refractivity contribution in [3.8, 4) is 0 Å². The van der Waals surface area contributed by atoms with Gasteiger partial charge in [-0.05, 0) is 19.8 Å². The zero-order valence-electron chi connectivity index (χ0n) is 13.9. The summed E-state index contributed by atoms with van der Waals surface area (Å²) in [6, 6.07) is 1.39. The molecule has 1 saturated heterocycles. The molecule has 2 heterocycles. The van der Waals surface area contributed by atoms with Crippen LogP contribution >= 0.6 is 0 Å². The lowest BCUT2D eigenvalue weighted by Gasteiger charge is -2.17. The summed E-state index contributed by atoms with van der Waals surface area (Å²) in [6.07, 6.45) is 2.52. The van der Waals surface area contributed by atoms with E-state index in [1.165, 1.54) is 6.07 Å². The van der Waals surface area contributed by atoms with Gasteiger partial charge in [0.15, 0.2) is 0 Å². The van der Waals surface area contributed by atoms with Crippen molar-refractivity contribution in [3.05, 3.63) is 27.9 Å². The van der Waals surface area contributed by atoms with E-state index in [-0.39, 0.29) is 11.6 Å². The highest BCUT2D eigenvalue weighted by Crippen LogP contribution is 2.16. The molecule has 1 aliphatic heterocycles. The van der Waals surface area contributed by atoms with Crippen molar-refractivity contribution >= 4 is 6.03 Å². The number of ether oxygens (including phenoxy) is 1. The third-order valence-corrected chi connectivity index (χ3v) is 3.83. The minimum atomic E-state index is -0.159. The van der Waals surface area contributed by atoms with Crippen LogP contribution < -0.4 is 10.9 Å². The molecular formula is C16H26N4O3. The van der Waals surface area contributed by atoms with Crippen molar-refractivity contribution in [2.45, 2.75) is 33.1 Å². The largest absolute Gasteiger partial charge is 0.381 e. The number of amides is 2. The molecule has 0 radical (unpaired) electrons. The van der Waals surface area contributed by atoms with E-state index >= 15 is 0 Å². The fraction of sp³-hybridized carbons (Fsp3) is 0.688. The quantitative estimate of drug-likeness (QED) is 0.735. The average Bonchev–Trinajstić information content (AvgIpc) is 2.95. The average molecular weight is 322 g/mol. The summed E-state index contributed by atoms with van der Waals surface area (Å²) >= 11 is 0. The lowest BCUT2D eigenvalue weighted by molar-refractivity contribution is 0.102. The molecule has 0 saturated carbocycles. The molecule has 2 rings (SSSR count). The van der Waals surface area contributed by atoms with Gasteiger partial charge in [-0.25, -0.2) is 9.78 Å². The van der Waals surface area contributed by atoms with E-state index in [1.54, 1.807) is 6.92 Å². The number of aromatic amines is 1. The van der Waals surface area contributed by atoms with Crippen molar-refractivity contribution in [2.24, 2.45) is 5.92 Å². The Bertz CT molecular complexity index is 573. The van der Waals surface area contributed by atoms with E-state index in [0.717, 1.165) is 39.1 Å². The molecule has 2 N–H and O–H groups in total. The Morgan fingerprint density at radius 1 is 1.57 bits per heavy atom. The lowest BCUT2D eigenvalue weighted by atomic mass is 10.1. The van der Waals surface area contributed by atoms with Crippen LogP contribution in [-0.2, 0) is 11.2 Å². The van der Waals surface area contributed by atoms with E-state index in [1.807, 2.05) is 4.90 Å². The van der Waals surface area contributed by atoms with Gasteiger partial charge in [-0.3, -0.25) is 4.79 Å². The van der Waals surface area contributed by atoms with Crippen molar-refractivity contribution < 1.29 is 9.53 Å². The number of aryl methyl sites for hydroxylation is 1. The predicted molar refractivity (Wildman–Crippen MR) is 87.5 cm³/mol. The van der Waals surface area contributed by atoms with Gasteiger partial charge in [0.25, 0.3) is 5.56 Å². The normalized spacial score (nSPS) is 17.5. The molecule has 0 aromatic carbocycles. The summed E-state index contributed by atoms with van der Waals surface area (Å²) in [7, 11) is 0. The van der Waals surface area contributed by atoms with Gasteiger partial charge in [0, 0.05) is 50.3 Å². The number of hydrogen-bond donors (Lipinski definition) is 2. The number of urea groups is 1. The van der Waals surface area contributed by atoms with E-state index < -0.39 is 0 Å². The fourth-order valence-electron chi connectivity index (χ4n) is 2.71. The van der Waals surface area contributed by atoms with Crippen LogP contribution in [0.5, 0.6) is 0 Å². The topological polar surface area (TPSA) is 87.3 Å². The Kier molecular flexibility index (Phi) is 6.58. The van der Waals surface area contributed by atoms with Gasteiger partial charge in [-0.2, -0.15) is 0 Å². The molecule has 7 heteroatoms. The van der Waals surface area contributed by atoms with Crippen molar-refractivity contribution in [3.63, 3.8) is 0 Å². The lowest BCUT2D eigenvalue weighted by Crippen LogP contribution is -2.39. The Labute approximate surface area is 136 Å². The van der Waals surface area contributed by atoms with Crippen molar-refractivity contribution in [2.75, 3.05) is 32.8 Å². The van der Waals surface area contributed by atoms with Crippen molar-refractivity contribution in [1.29, 1.82) is 0 Å².